The van der Waals surface area contributed by atoms with Crippen molar-refractivity contribution < 1.29 is 10.0 Å². The molecule has 0 saturated carbocycles. The van der Waals surface area contributed by atoms with Gasteiger partial charge in [-0.1, -0.05) is 54.6 Å². The number of aryl methyl sites for hydroxylation is 1. The van der Waals surface area contributed by atoms with E-state index in [1.165, 1.54) is 16.3 Å². The first-order chi connectivity index (χ1) is 11.1. The van der Waals surface area contributed by atoms with Gasteiger partial charge in [-0.25, -0.2) is 0 Å². The summed E-state index contributed by atoms with van der Waals surface area (Å²) >= 11 is 0. The molecule has 0 radical (unpaired) electrons. The zero-order chi connectivity index (χ0) is 16.4. The van der Waals surface area contributed by atoms with E-state index >= 15 is 0 Å². The van der Waals surface area contributed by atoms with Gasteiger partial charge in [-0.2, -0.15) is 0 Å². The molecule has 0 amide bonds. The molecule has 23 heavy (non-hydrogen) atoms. The van der Waals surface area contributed by atoms with Crippen molar-refractivity contribution in [2.45, 2.75) is 13.5 Å². The summed E-state index contributed by atoms with van der Waals surface area (Å²) in [6, 6.07) is 20.0. The van der Waals surface area contributed by atoms with Crippen LogP contribution in [0.5, 0.6) is 0 Å². The number of hydrogen-bond donors (Lipinski definition) is 2. The minimum Gasteiger partial charge on any atom is -0.423 e. The monoisotopic (exact) mass is 305 g/mol. The Morgan fingerprint density at radius 3 is 2.35 bits per heavy atom. The molecular weight excluding hydrogens is 285 g/mol. The van der Waals surface area contributed by atoms with Gasteiger partial charge in [0.1, 0.15) is 0 Å². The Labute approximate surface area is 137 Å². The number of hydrogen-bond acceptors (Lipinski definition) is 3. The summed E-state index contributed by atoms with van der Waals surface area (Å²) in [4.78, 5) is 2.14. The minimum absolute atomic E-state index is 0.552. The van der Waals surface area contributed by atoms with Gasteiger partial charge in [-0.15, -0.1) is 0 Å². The average molecular weight is 305 g/mol. The summed E-state index contributed by atoms with van der Waals surface area (Å²) in [6.45, 7) is 2.73. The summed E-state index contributed by atoms with van der Waals surface area (Å²) in [6.07, 6.45) is 0. The van der Waals surface area contributed by atoms with Crippen LogP contribution in [0.1, 0.15) is 11.1 Å². The van der Waals surface area contributed by atoms with Crippen LogP contribution in [-0.2, 0) is 6.54 Å². The first-order valence-electron chi connectivity index (χ1n) is 7.71. The van der Waals surface area contributed by atoms with Gasteiger partial charge in [0.05, 0.1) is 0 Å². The number of anilines is 1. The zero-order valence-corrected chi connectivity index (χ0v) is 13.4. The first kappa shape index (κ1) is 15.6. The zero-order valence-electron chi connectivity index (χ0n) is 13.4. The SMILES string of the molecule is Cc1cccc2c(N(C)Cc3ccccc3B(O)O)cccc12. The van der Waals surface area contributed by atoms with Crippen molar-refractivity contribution in [2.75, 3.05) is 11.9 Å². The average Bonchev–Trinajstić information content (AvgIpc) is 2.55. The van der Waals surface area contributed by atoms with Crippen molar-refractivity contribution in [1.82, 2.24) is 0 Å². The topological polar surface area (TPSA) is 43.7 Å². The Kier molecular flexibility index (Phi) is 4.37. The van der Waals surface area contributed by atoms with Crippen molar-refractivity contribution in [1.29, 1.82) is 0 Å². The first-order valence-corrected chi connectivity index (χ1v) is 7.71. The second-order valence-corrected chi connectivity index (χ2v) is 5.88. The molecule has 0 saturated heterocycles. The Morgan fingerprint density at radius 2 is 1.57 bits per heavy atom. The third-order valence-corrected chi connectivity index (χ3v) is 4.27. The molecule has 3 aromatic carbocycles. The number of fused-ring (bicyclic) bond motifs is 1. The van der Waals surface area contributed by atoms with Gasteiger partial charge in [0.15, 0.2) is 0 Å². The summed E-state index contributed by atoms with van der Waals surface area (Å²) in [5, 5.41) is 21.5. The number of rotatable bonds is 4. The molecule has 3 nitrogen and oxygen atoms in total. The van der Waals surface area contributed by atoms with Crippen LogP contribution in [0.3, 0.4) is 0 Å². The van der Waals surface area contributed by atoms with Crippen LogP contribution in [0.25, 0.3) is 10.8 Å². The third kappa shape index (κ3) is 3.09. The molecule has 0 aromatic heterocycles. The summed E-state index contributed by atoms with van der Waals surface area (Å²) in [5.41, 5.74) is 3.85. The Balaban J connectivity index is 1.99. The maximum atomic E-state index is 9.53. The number of benzene rings is 3. The predicted molar refractivity (Wildman–Crippen MR) is 97.1 cm³/mol. The highest BCUT2D eigenvalue weighted by Crippen LogP contribution is 2.28. The van der Waals surface area contributed by atoms with Crippen LogP contribution < -0.4 is 10.4 Å². The summed E-state index contributed by atoms with van der Waals surface area (Å²) < 4.78 is 0. The highest BCUT2D eigenvalue weighted by Gasteiger charge is 2.17. The van der Waals surface area contributed by atoms with Crippen LogP contribution >= 0.6 is 0 Å². The van der Waals surface area contributed by atoms with Crippen molar-refractivity contribution >= 4 is 29.0 Å². The van der Waals surface area contributed by atoms with E-state index in [1.807, 2.05) is 25.2 Å². The lowest BCUT2D eigenvalue weighted by molar-refractivity contribution is 0.425. The van der Waals surface area contributed by atoms with E-state index in [0.29, 0.717) is 12.0 Å². The molecule has 0 atom stereocenters. The van der Waals surface area contributed by atoms with E-state index < -0.39 is 7.12 Å². The van der Waals surface area contributed by atoms with Gasteiger partial charge >= 0.3 is 7.12 Å². The predicted octanol–water partition coefficient (Wildman–Crippen LogP) is 2.46. The van der Waals surface area contributed by atoms with Crippen molar-refractivity contribution in [3.05, 3.63) is 71.8 Å². The van der Waals surface area contributed by atoms with Gasteiger partial charge in [-0.3, -0.25) is 0 Å². The number of nitrogens with zero attached hydrogens (tertiary/aromatic N) is 1. The van der Waals surface area contributed by atoms with Crippen molar-refractivity contribution in [3.63, 3.8) is 0 Å². The lowest BCUT2D eigenvalue weighted by atomic mass is 9.77. The van der Waals surface area contributed by atoms with Gasteiger partial charge in [-0.05, 0) is 35.0 Å². The van der Waals surface area contributed by atoms with Gasteiger partial charge in [0.25, 0.3) is 0 Å². The maximum Gasteiger partial charge on any atom is 0.488 e. The van der Waals surface area contributed by atoms with Crippen LogP contribution in [0.2, 0.25) is 0 Å². The molecule has 0 aliphatic carbocycles. The Bertz CT molecular complexity index is 832. The largest absolute Gasteiger partial charge is 0.488 e. The Morgan fingerprint density at radius 1 is 0.870 bits per heavy atom. The molecule has 3 aromatic rings. The fraction of sp³-hybridized carbons (Fsp3) is 0.158. The van der Waals surface area contributed by atoms with E-state index in [2.05, 4.69) is 48.2 Å². The van der Waals surface area contributed by atoms with Gasteiger partial charge < -0.3 is 14.9 Å². The molecule has 3 rings (SSSR count). The molecule has 0 bridgehead atoms. The molecule has 0 spiro atoms. The van der Waals surface area contributed by atoms with Crippen LogP contribution in [0.4, 0.5) is 5.69 Å². The van der Waals surface area contributed by atoms with Crippen LogP contribution in [-0.4, -0.2) is 24.2 Å². The molecular formula is C19H20BNO2. The molecule has 116 valence electrons. The lowest BCUT2D eigenvalue weighted by Gasteiger charge is -2.23. The highest BCUT2D eigenvalue weighted by molar-refractivity contribution is 6.59. The molecule has 0 aliphatic heterocycles. The fourth-order valence-corrected chi connectivity index (χ4v) is 3.05. The molecule has 0 unspecified atom stereocenters. The lowest BCUT2D eigenvalue weighted by Crippen LogP contribution is -2.35. The van der Waals surface area contributed by atoms with Gasteiger partial charge in [0.2, 0.25) is 0 Å². The maximum absolute atomic E-state index is 9.53. The van der Waals surface area contributed by atoms with Gasteiger partial charge in [0, 0.05) is 24.7 Å². The minimum atomic E-state index is -1.45. The van der Waals surface area contributed by atoms with Crippen molar-refractivity contribution in [2.24, 2.45) is 0 Å². The molecule has 0 heterocycles. The van der Waals surface area contributed by atoms with Crippen LogP contribution in [0, 0.1) is 6.92 Å². The fourth-order valence-electron chi connectivity index (χ4n) is 3.05. The van der Waals surface area contributed by atoms with E-state index in [1.54, 1.807) is 6.07 Å². The van der Waals surface area contributed by atoms with Crippen LogP contribution in [0.15, 0.2) is 60.7 Å². The molecule has 0 fully saturated rings. The Hall–Kier alpha value is -2.30. The quantitative estimate of drug-likeness (QED) is 0.728. The van der Waals surface area contributed by atoms with E-state index in [0.717, 1.165) is 11.3 Å². The van der Waals surface area contributed by atoms with Crippen molar-refractivity contribution in [3.8, 4) is 0 Å². The normalized spacial score (nSPS) is 10.8. The summed E-state index contributed by atoms with van der Waals surface area (Å²) in [5.74, 6) is 0. The van der Waals surface area contributed by atoms with E-state index in [9.17, 15) is 10.0 Å². The smallest absolute Gasteiger partial charge is 0.423 e. The molecule has 2 N–H and O–H groups in total. The van der Waals surface area contributed by atoms with E-state index in [4.69, 9.17) is 0 Å². The second-order valence-electron chi connectivity index (χ2n) is 5.88. The highest BCUT2D eigenvalue weighted by atomic mass is 16.4. The summed E-state index contributed by atoms with van der Waals surface area (Å²) in [7, 11) is 0.576. The molecule has 0 aliphatic rings. The molecule has 4 heteroatoms. The third-order valence-electron chi connectivity index (χ3n) is 4.27. The second kappa shape index (κ2) is 6.45. The van der Waals surface area contributed by atoms with E-state index in [-0.39, 0.29) is 0 Å². The standard InChI is InChI=1S/C19H20BNO2/c1-14-7-5-10-17-16(14)9-6-12-19(17)21(2)13-15-8-3-4-11-18(15)20(22)23/h3-12,22-23H,13H2,1-2H3.